The summed E-state index contributed by atoms with van der Waals surface area (Å²) in [5.74, 6) is 1.07. The number of carbonyl (C=O) groups excluding carboxylic acids is 1. The van der Waals surface area contributed by atoms with Crippen molar-refractivity contribution in [3.05, 3.63) is 66.0 Å². The van der Waals surface area contributed by atoms with Crippen LogP contribution in [0.15, 0.2) is 59.9 Å². The molecule has 7 nitrogen and oxygen atoms in total. The third-order valence-electron chi connectivity index (χ3n) is 6.00. The Bertz CT molecular complexity index is 1100. The summed E-state index contributed by atoms with van der Waals surface area (Å²) >= 11 is 0. The van der Waals surface area contributed by atoms with Crippen molar-refractivity contribution in [2.45, 2.75) is 46.3 Å². The van der Waals surface area contributed by atoms with E-state index >= 15 is 0 Å². The molecule has 0 saturated carbocycles. The number of rotatable bonds is 7. The third-order valence-corrected chi connectivity index (χ3v) is 6.00. The van der Waals surface area contributed by atoms with Gasteiger partial charge in [0.15, 0.2) is 5.96 Å². The Balaban J connectivity index is 1.35. The summed E-state index contributed by atoms with van der Waals surface area (Å²) in [6.07, 6.45) is 2.84. The van der Waals surface area contributed by atoms with Gasteiger partial charge in [0, 0.05) is 38.1 Å². The minimum Gasteiger partial charge on any atom is -0.357 e. The van der Waals surface area contributed by atoms with Crippen LogP contribution in [0.25, 0.3) is 11.0 Å². The molecule has 2 aromatic carbocycles. The van der Waals surface area contributed by atoms with Crippen molar-refractivity contribution in [1.82, 2.24) is 25.1 Å². The molecule has 0 bridgehead atoms. The highest BCUT2D eigenvalue weighted by Crippen LogP contribution is 2.15. The smallest absolute Gasteiger partial charge is 0.225 e. The molecule has 1 amide bonds. The van der Waals surface area contributed by atoms with Crippen LogP contribution in [0.5, 0.6) is 0 Å². The topological polar surface area (TPSA) is 74.6 Å². The molecule has 1 unspecified atom stereocenters. The second-order valence-electron chi connectivity index (χ2n) is 8.94. The number of benzene rings is 2. The standard InChI is InChI=1S/C26H34N6O/c1-4-27-26(30-22-13-14-31(17-22)25(33)19(2)3)28-15-20-9-11-21(12-10-20)16-32-18-29-23-7-5-6-8-24(23)32/h5-12,18-19,22H,4,13-17H2,1-3H3,(H2,27,28,30). The summed E-state index contributed by atoms with van der Waals surface area (Å²) in [5.41, 5.74) is 4.56. The fourth-order valence-corrected chi connectivity index (χ4v) is 4.21. The number of para-hydroxylation sites is 2. The van der Waals surface area contributed by atoms with E-state index in [1.807, 2.05) is 43.3 Å². The number of aliphatic imine (C=N–C) groups is 1. The molecular weight excluding hydrogens is 412 g/mol. The van der Waals surface area contributed by atoms with E-state index in [0.29, 0.717) is 6.54 Å². The van der Waals surface area contributed by atoms with Gasteiger partial charge in [-0.05, 0) is 36.6 Å². The van der Waals surface area contributed by atoms with Crippen molar-refractivity contribution in [2.24, 2.45) is 10.9 Å². The average molecular weight is 447 g/mol. The average Bonchev–Trinajstić information content (AvgIpc) is 3.45. The maximum absolute atomic E-state index is 12.3. The summed E-state index contributed by atoms with van der Waals surface area (Å²) in [5, 5.41) is 6.83. The molecule has 1 atom stereocenters. The summed E-state index contributed by atoms with van der Waals surface area (Å²) in [6.45, 7) is 9.71. The molecule has 2 heterocycles. The minimum absolute atomic E-state index is 0.0427. The van der Waals surface area contributed by atoms with Gasteiger partial charge in [-0.3, -0.25) is 4.79 Å². The molecule has 1 aliphatic rings. The molecule has 1 fully saturated rings. The van der Waals surface area contributed by atoms with Crippen LogP contribution in [-0.2, 0) is 17.9 Å². The Labute approximate surface area is 195 Å². The number of carbonyl (C=O) groups is 1. The van der Waals surface area contributed by atoms with E-state index < -0.39 is 0 Å². The van der Waals surface area contributed by atoms with Gasteiger partial charge in [-0.2, -0.15) is 0 Å². The summed E-state index contributed by atoms with van der Waals surface area (Å²) in [6, 6.07) is 17.0. The number of guanidine groups is 1. The number of fused-ring (bicyclic) bond motifs is 1. The highest BCUT2D eigenvalue weighted by molar-refractivity contribution is 5.81. The van der Waals surface area contributed by atoms with Gasteiger partial charge in [0.25, 0.3) is 0 Å². The zero-order valence-corrected chi connectivity index (χ0v) is 19.8. The number of hydrogen-bond donors (Lipinski definition) is 2. The first-order valence-electron chi connectivity index (χ1n) is 11.8. The minimum atomic E-state index is 0.0427. The zero-order valence-electron chi connectivity index (χ0n) is 19.8. The maximum atomic E-state index is 12.3. The Morgan fingerprint density at radius 2 is 1.91 bits per heavy atom. The Hall–Kier alpha value is -3.35. The van der Waals surface area contributed by atoms with Crippen LogP contribution in [0, 0.1) is 5.92 Å². The lowest BCUT2D eigenvalue weighted by atomic mass is 10.1. The Kier molecular flexibility index (Phi) is 7.27. The number of nitrogens with one attached hydrogen (secondary N) is 2. The van der Waals surface area contributed by atoms with Crippen LogP contribution < -0.4 is 10.6 Å². The third kappa shape index (κ3) is 5.72. The largest absolute Gasteiger partial charge is 0.357 e. The van der Waals surface area contributed by atoms with E-state index in [2.05, 4.69) is 57.4 Å². The molecule has 0 aliphatic carbocycles. The second-order valence-corrected chi connectivity index (χ2v) is 8.94. The molecule has 1 aliphatic heterocycles. The van der Waals surface area contributed by atoms with E-state index in [0.717, 1.165) is 55.2 Å². The molecule has 1 saturated heterocycles. The Morgan fingerprint density at radius 1 is 1.15 bits per heavy atom. The lowest BCUT2D eigenvalue weighted by molar-refractivity contribution is -0.133. The van der Waals surface area contributed by atoms with Crippen molar-refractivity contribution >= 4 is 22.9 Å². The molecule has 33 heavy (non-hydrogen) atoms. The number of nitrogens with zero attached hydrogens (tertiary/aromatic N) is 4. The van der Waals surface area contributed by atoms with Crippen molar-refractivity contribution in [1.29, 1.82) is 0 Å². The number of hydrogen-bond acceptors (Lipinski definition) is 3. The van der Waals surface area contributed by atoms with Crippen LogP contribution in [-0.4, -0.2) is 52.0 Å². The maximum Gasteiger partial charge on any atom is 0.225 e. The number of amides is 1. The summed E-state index contributed by atoms with van der Waals surface area (Å²) in [4.78, 5) is 23.5. The summed E-state index contributed by atoms with van der Waals surface area (Å²) < 4.78 is 2.17. The van der Waals surface area contributed by atoms with Crippen LogP contribution in [0.3, 0.4) is 0 Å². The molecule has 4 rings (SSSR count). The molecule has 0 spiro atoms. The number of likely N-dealkylation sites (tertiary alicyclic amines) is 1. The van der Waals surface area contributed by atoms with Gasteiger partial charge in [-0.1, -0.05) is 50.2 Å². The number of aromatic nitrogens is 2. The molecule has 2 N–H and O–H groups in total. The van der Waals surface area contributed by atoms with Gasteiger partial charge >= 0.3 is 0 Å². The van der Waals surface area contributed by atoms with Gasteiger partial charge in [0.05, 0.1) is 23.9 Å². The molecule has 3 aromatic rings. The van der Waals surface area contributed by atoms with E-state index in [4.69, 9.17) is 4.99 Å². The van der Waals surface area contributed by atoms with Crippen molar-refractivity contribution in [2.75, 3.05) is 19.6 Å². The van der Waals surface area contributed by atoms with Crippen LogP contribution >= 0.6 is 0 Å². The van der Waals surface area contributed by atoms with Gasteiger partial charge in [0.2, 0.25) is 5.91 Å². The van der Waals surface area contributed by atoms with Gasteiger partial charge in [0.1, 0.15) is 0 Å². The normalized spacial score (nSPS) is 16.5. The molecular formula is C26H34N6O. The van der Waals surface area contributed by atoms with E-state index in [1.165, 1.54) is 5.56 Å². The summed E-state index contributed by atoms with van der Waals surface area (Å²) in [7, 11) is 0. The van der Waals surface area contributed by atoms with Gasteiger partial charge < -0.3 is 20.1 Å². The fourth-order valence-electron chi connectivity index (χ4n) is 4.21. The molecule has 7 heteroatoms. The molecule has 174 valence electrons. The van der Waals surface area contributed by atoms with Crippen molar-refractivity contribution in [3.63, 3.8) is 0 Å². The van der Waals surface area contributed by atoms with Crippen LogP contribution in [0.2, 0.25) is 0 Å². The van der Waals surface area contributed by atoms with Gasteiger partial charge in [-0.25, -0.2) is 9.98 Å². The monoisotopic (exact) mass is 446 g/mol. The SMILES string of the molecule is CCNC(=NCc1ccc(Cn2cnc3ccccc32)cc1)NC1CCN(C(=O)C(C)C)C1. The second kappa shape index (κ2) is 10.5. The van der Waals surface area contributed by atoms with Crippen LogP contribution in [0.4, 0.5) is 0 Å². The first kappa shape index (κ1) is 22.8. The van der Waals surface area contributed by atoms with Crippen LogP contribution in [0.1, 0.15) is 38.3 Å². The Morgan fingerprint density at radius 3 is 2.67 bits per heavy atom. The fraction of sp³-hybridized carbons (Fsp3) is 0.423. The highest BCUT2D eigenvalue weighted by atomic mass is 16.2. The molecule has 0 radical (unpaired) electrons. The van der Waals surface area contributed by atoms with E-state index in [9.17, 15) is 4.79 Å². The first-order valence-corrected chi connectivity index (χ1v) is 11.8. The lowest BCUT2D eigenvalue weighted by Gasteiger charge is -2.20. The lowest BCUT2D eigenvalue weighted by Crippen LogP contribution is -2.45. The molecule has 1 aromatic heterocycles. The number of imidazole rings is 1. The van der Waals surface area contributed by atoms with E-state index in [-0.39, 0.29) is 17.9 Å². The quantitative estimate of drug-likeness (QED) is 0.431. The zero-order chi connectivity index (χ0) is 23.2. The van der Waals surface area contributed by atoms with Crippen molar-refractivity contribution in [3.8, 4) is 0 Å². The van der Waals surface area contributed by atoms with E-state index in [1.54, 1.807) is 0 Å². The first-order chi connectivity index (χ1) is 16.0. The predicted molar refractivity (Wildman–Crippen MR) is 133 cm³/mol. The van der Waals surface area contributed by atoms with Crippen molar-refractivity contribution < 1.29 is 4.79 Å². The highest BCUT2D eigenvalue weighted by Gasteiger charge is 2.27. The van der Waals surface area contributed by atoms with Gasteiger partial charge in [-0.15, -0.1) is 0 Å². The predicted octanol–water partition coefficient (Wildman–Crippen LogP) is 3.40.